The molecule has 0 aliphatic heterocycles. The summed E-state index contributed by atoms with van der Waals surface area (Å²) in [5.74, 6) is 4.47. The van der Waals surface area contributed by atoms with Crippen LogP contribution in [0.15, 0.2) is 24.3 Å². The average molecular weight is 278 g/mol. The van der Waals surface area contributed by atoms with Crippen LogP contribution in [0.4, 0.5) is 0 Å². The van der Waals surface area contributed by atoms with Gasteiger partial charge < -0.3 is 5.73 Å². The zero-order valence-electron chi connectivity index (χ0n) is 11.8. The van der Waals surface area contributed by atoms with Crippen molar-refractivity contribution in [2.45, 2.75) is 26.3 Å². The number of nitrogens with one attached hydrogen (secondary N) is 1. The SMILES string of the molecule is CCCCN(CC(N)=O)Cc1ccccc1C(=O)NN. The van der Waals surface area contributed by atoms with Gasteiger partial charge in [0.25, 0.3) is 5.91 Å². The van der Waals surface area contributed by atoms with E-state index >= 15 is 0 Å². The third-order valence-corrected chi connectivity index (χ3v) is 2.99. The standard InChI is InChI=1S/C14H22N4O2/c1-2-3-8-18(10-13(15)19)9-11-6-4-5-7-12(11)14(20)17-16/h4-7H,2-3,8-10,16H2,1H3,(H2,15,19)(H,17,20). The molecule has 2 amide bonds. The average Bonchev–Trinajstić information content (AvgIpc) is 2.44. The largest absolute Gasteiger partial charge is 0.369 e. The Kier molecular flexibility index (Phi) is 6.69. The molecule has 0 saturated carbocycles. The van der Waals surface area contributed by atoms with Crippen molar-refractivity contribution < 1.29 is 9.59 Å². The first-order valence-corrected chi connectivity index (χ1v) is 6.68. The highest BCUT2D eigenvalue weighted by Crippen LogP contribution is 2.12. The maximum atomic E-state index is 11.7. The number of hydrogen-bond acceptors (Lipinski definition) is 4. The summed E-state index contributed by atoms with van der Waals surface area (Å²) in [6.45, 7) is 3.52. The molecule has 0 radical (unpaired) electrons. The molecule has 0 fully saturated rings. The van der Waals surface area contributed by atoms with Gasteiger partial charge in [-0.1, -0.05) is 31.5 Å². The molecule has 1 rings (SSSR count). The van der Waals surface area contributed by atoms with Crippen molar-refractivity contribution in [1.29, 1.82) is 0 Å². The van der Waals surface area contributed by atoms with Crippen LogP contribution in [0.1, 0.15) is 35.7 Å². The van der Waals surface area contributed by atoms with Gasteiger partial charge in [0.1, 0.15) is 0 Å². The molecular formula is C14H22N4O2. The number of unbranched alkanes of at least 4 members (excludes halogenated alkanes) is 1. The number of nitrogen functional groups attached to an aromatic ring is 1. The molecule has 5 N–H and O–H groups in total. The number of nitrogens with two attached hydrogens (primary N) is 2. The number of amides is 2. The van der Waals surface area contributed by atoms with Gasteiger partial charge in [0.15, 0.2) is 0 Å². The lowest BCUT2D eigenvalue weighted by atomic mass is 10.1. The lowest BCUT2D eigenvalue weighted by Crippen LogP contribution is -2.35. The minimum atomic E-state index is -0.373. The maximum Gasteiger partial charge on any atom is 0.265 e. The predicted molar refractivity (Wildman–Crippen MR) is 77.5 cm³/mol. The number of rotatable bonds is 8. The van der Waals surface area contributed by atoms with Crippen LogP contribution in [0, 0.1) is 0 Å². The second kappa shape index (κ2) is 8.29. The molecule has 6 nitrogen and oxygen atoms in total. The highest BCUT2D eigenvalue weighted by atomic mass is 16.2. The summed E-state index contributed by atoms with van der Waals surface area (Å²) < 4.78 is 0. The van der Waals surface area contributed by atoms with E-state index in [1.54, 1.807) is 12.1 Å². The monoisotopic (exact) mass is 278 g/mol. The fourth-order valence-corrected chi connectivity index (χ4v) is 2.01. The molecule has 0 saturated heterocycles. The Morgan fingerprint density at radius 1 is 1.30 bits per heavy atom. The summed E-state index contributed by atoms with van der Waals surface area (Å²) in [6, 6.07) is 7.19. The van der Waals surface area contributed by atoms with E-state index in [4.69, 9.17) is 11.6 Å². The summed E-state index contributed by atoms with van der Waals surface area (Å²) in [6.07, 6.45) is 2.00. The van der Waals surface area contributed by atoms with Crippen LogP contribution in [-0.4, -0.2) is 29.8 Å². The van der Waals surface area contributed by atoms with E-state index in [1.165, 1.54) is 0 Å². The van der Waals surface area contributed by atoms with E-state index in [9.17, 15) is 9.59 Å². The van der Waals surface area contributed by atoms with Crippen molar-refractivity contribution in [3.63, 3.8) is 0 Å². The topological polar surface area (TPSA) is 101 Å². The van der Waals surface area contributed by atoms with Crippen molar-refractivity contribution in [2.24, 2.45) is 11.6 Å². The lowest BCUT2D eigenvalue weighted by molar-refractivity contribution is -0.119. The molecule has 1 aromatic rings. The molecule has 0 spiro atoms. The van der Waals surface area contributed by atoms with Crippen LogP contribution in [0.2, 0.25) is 0 Å². The first-order chi connectivity index (χ1) is 9.58. The van der Waals surface area contributed by atoms with Gasteiger partial charge in [-0.05, 0) is 24.6 Å². The molecule has 0 bridgehead atoms. The van der Waals surface area contributed by atoms with Crippen LogP contribution in [0.3, 0.4) is 0 Å². The first kappa shape index (κ1) is 16.1. The van der Waals surface area contributed by atoms with E-state index in [2.05, 4.69) is 12.3 Å². The molecule has 1 aromatic carbocycles. The molecule has 110 valence electrons. The van der Waals surface area contributed by atoms with E-state index in [0.717, 1.165) is 24.9 Å². The fourth-order valence-electron chi connectivity index (χ4n) is 2.01. The van der Waals surface area contributed by atoms with Crippen LogP contribution in [0.5, 0.6) is 0 Å². The van der Waals surface area contributed by atoms with Gasteiger partial charge >= 0.3 is 0 Å². The van der Waals surface area contributed by atoms with Crippen LogP contribution in [0.25, 0.3) is 0 Å². The Hall–Kier alpha value is -1.92. The minimum Gasteiger partial charge on any atom is -0.369 e. The van der Waals surface area contributed by atoms with Crippen molar-refractivity contribution in [2.75, 3.05) is 13.1 Å². The molecular weight excluding hydrogens is 256 g/mol. The van der Waals surface area contributed by atoms with Gasteiger partial charge in [0.2, 0.25) is 5.91 Å². The highest BCUT2D eigenvalue weighted by Gasteiger charge is 2.14. The lowest BCUT2D eigenvalue weighted by Gasteiger charge is -2.21. The predicted octanol–water partition coefficient (Wildman–Crippen LogP) is 0.378. The Morgan fingerprint density at radius 3 is 2.60 bits per heavy atom. The highest BCUT2D eigenvalue weighted by molar-refractivity contribution is 5.95. The second-order valence-electron chi connectivity index (χ2n) is 4.66. The van der Waals surface area contributed by atoms with Gasteiger partial charge in [-0.25, -0.2) is 5.84 Å². The Balaban J connectivity index is 2.86. The van der Waals surface area contributed by atoms with E-state index < -0.39 is 0 Å². The van der Waals surface area contributed by atoms with Crippen LogP contribution >= 0.6 is 0 Å². The van der Waals surface area contributed by atoms with Crippen molar-refractivity contribution in [3.05, 3.63) is 35.4 Å². The van der Waals surface area contributed by atoms with E-state index in [-0.39, 0.29) is 18.4 Å². The van der Waals surface area contributed by atoms with Gasteiger partial charge in [-0.2, -0.15) is 0 Å². The van der Waals surface area contributed by atoms with Gasteiger partial charge in [0, 0.05) is 12.1 Å². The fraction of sp³-hybridized carbons (Fsp3) is 0.429. The molecule has 0 atom stereocenters. The summed E-state index contributed by atoms with van der Waals surface area (Å²) in [7, 11) is 0. The molecule has 0 heterocycles. The van der Waals surface area contributed by atoms with Crippen molar-refractivity contribution in [3.8, 4) is 0 Å². The number of hydrogen-bond donors (Lipinski definition) is 3. The van der Waals surface area contributed by atoms with E-state index in [0.29, 0.717) is 12.1 Å². The normalized spacial score (nSPS) is 10.6. The second-order valence-corrected chi connectivity index (χ2v) is 4.66. The maximum absolute atomic E-state index is 11.7. The summed E-state index contributed by atoms with van der Waals surface area (Å²) in [4.78, 5) is 24.8. The van der Waals surface area contributed by atoms with Crippen molar-refractivity contribution in [1.82, 2.24) is 10.3 Å². The number of carbonyl (C=O) groups excluding carboxylic acids is 2. The van der Waals surface area contributed by atoms with Gasteiger partial charge in [0.05, 0.1) is 6.54 Å². The molecule has 20 heavy (non-hydrogen) atoms. The Bertz CT molecular complexity index is 462. The molecule has 0 aliphatic carbocycles. The number of nitrogens with zero attached hydrogens (tertiary/aromatic N) is 1. The number of carbonyl (C=O) groups is 2. The Morgan fingerprint density at radius 2 is 2.00 bits per heavy atom. The molecule has 0 aromatic heterocycles. The third-order valence-electron chi connectivity index (χ3n) is 2.99. The van der Waals surface area contributed by atoms with E-state index in [1.807, 2.05) is 17.0 Å². The third kappa shape index (κ3) is 4.99. The number of primary amides is 1. The quantitative estimate of drug-likeness (QED) is 0.363. The summed E-state index contributed by atoms with van der Waals surface area (Å²) >= 11 is 0. The number of benzene rings is 1. The zero-order chi connectivity index (χ0) is 15.0. The summed E-state index contributed by atoms with van der Waals surface area (Å²) in [5, 5.41) is 0. The smallest absolute Gasteiger partial charge is 0.265 e. The molecule has 0 aliphatic rings. The first-order valence-electron chi connectivity index (χ1n) is 6.68. The number of hydrazine groups is 1. The van der Waals surface area contributed by atoms with Gasteiger partial charge in [-0.15, -0.1) is 0 Å². The zero-order valence-corrected chi connectivity index (χ0v) is 11.8. The van der Waals surface area contributed by atoms with Crippen molar-refractivity contribution >= 4 is 11.8 Å². The van der Waals surface area contributed by atoms with Gasteiger partial charge in [-0.3, -0.25) is 19.9 Å². The van der Waals surface area contributed by atoms with Crippen LogP contribution < -0.4 is 17.0 Å². The summed E-state index contributed by atoms with van der Waals surface area (Å²) in [5.41, 5.74) is 8.73. The Labute approximate surface area is 119 Å². The minimum absolute atomic E-state index is 0.179. The van der Waals surface area contributed by atoms with Crippen LogP contribution in [-0.2, 0) is 11.3 Å². The molecule has 0 unspecified atom stereocenters. The molecule has 6 heteroatoms.